The van der Waals surface area contributed by atoms with Crippen LogP contribution in [0.1, 0.15) is 29.1 Å². The Kier molecular flexibility index (Phi) is 7.33. The third-order valence-corrected chi connectivity index (χ3v) is 6.65. The first-order valence-electron chi connectivity index (χ1n) is 10.3. The molecule has 8 nitrogen and oxygen atoms in total. The van der Waals surface area contributed by atoms with Crippen molar-refractivity contribution in [2.75, 3.05) is 11.1 Å². The Morgan fingerprint density at radius 2 is 1.85 bits per heavy atom. The van der Waals surface area contributed by atoms with E-state index < -0.39 is 17.8 Å². The van der Waals surface area contributed by atoms with Crippen molar-refractivity contribution in [3.05, 3.63) is 77.2 Å². The van der Waals surface area contributed by atoms with E-state index in [1.54, 1.807) is 24.6 Å². The summed E-state index contributed by atoms with van der Waals surface area (Å²) in [7, 11) is 1.74. The van der Waals surface area contributed by atoms with Gasteiger partial charge in [-0.1, -0.05) is 54.2 Å². The van der Waals surface area contributed by atoms with Crippen molar-refractivity contribution >= 4 is 40.0 Å². The van der Waals surface area contributed by atoms with Gasteiger partial charge in [-0.05, 0) is 19.1 Å². The summed E-state index contributed by atoms with van der Waals surface area (Å²) >= 11 is 2.57. The quantitative estimate of drug-likeness (QED) is 0.353. The lowest BCUT2D eigenvalue weighted by molar-refractivity contribution is -0.113. The van der Waals surface area contributed by atoms with Crippen molar-refractivity contribution in [3.8, 4) is 11.3 Å². The van der Waals surface area contributed by atoms with Crippen LogP contribution in [0.15, 0.2) is 65.1 Å². The molecule has 1 atom stereocenters. The number of anilines is 1. The highest BCUT2D eigenvalue weighted by atomic mass is 32.2. The van der Waals surface area contributed by atoms with Gasteiger partial charge in [-0.2, -0.15) is 0 Å². The average molecular weight is 497 g/mol. The molecule has 0 saturated carbocycles. The molecule has 174 valence electrons. The number of nitrogens with one attached hydrogen (secondary N) is 2. The van der Waals surface area contributed by atoms with Crippen LogP contribution in [-0.4, -0.2) is 37.3 Å². The summed E-state index contributed by atoms with van der Waals surface area (Å²) in [6.45, 7) is 1.73. The molecule has 2 aromatic heterocycles. The van der Waals surface area contributed by atoms with Gasteiger partial charge >= 0.3 is 0 Å². The molecule has 2 N–H and O–H groups in total. The van der Waals surface area contributed by atoms with Crippen LogP contribution in [0.2, 0.25) is 0 Å². The number of hydrogen-bond donors (Lipinski definition) is 2. The molecular formula is C23H21FN6O2S2. The number of carbonyl (C=O) groups is 2. The van der Waals surface area contributed by atoms with Gasteiger partial charge in [0.25, 0.3) is 5.91 Å². The molecule has 2 aromatic carbocycles. The van der Waals surface area contributed by atoms with Gasteiger partial charge < -0.3 is 15.2 Å². The topological polar surface area (TPSA) is 102 Å². The van der Waals surface area contributed by atoms with E-state index in [2.05, 4.69) is 25.8 Å². The summed E-state index contributed by atoms with van der Waals surface area (Å²) < 4.78 is 15.6. The van der Waals surface area contributed by atoms with Crippen molar-refractivity contribution < 1.29 is 14.0 Å². The van der Waals surface area contributed by atoms with Crippen molar-refractivity contribution in [1.29, 1.82) is 0 Å². The predicted octanol–water partition coefficient (Wildman–Crippen LogP) is 4.30. The number of carbonyl (C=O) groups excluding carboxylic acids is 2. The Balaban J connectivity index is 1.32. The number of hydrogen-bond acceptors (Lipinski definition) is 7. The Labute approximate surface area is 203 Å². The fourth-order valence-corrected chi connectivity index (χ4v) is 4.63. The van der Waals surface area contributed by atoms with Crippen molar-refractivity contribution in [3.63, 3.8) is 0 Å². The molecule has 4 rings (SSSR count). The second-order valence-corrected chi connectivity index (χ2v) is 9.12. The smallest absolute Gasteiger partial charge is 0.254 e. The largest absolute Gasteiger partial charge is 0.342 e. The van der Waals surface area contributed by atoms with E-state index >= 15 is 0 Å². The fraction of sp³-hybridized carbons (Fsp3) is 0.174. The monoisotopic (exact) mass is 496 g/mol. The first-order chi connectivity index (χ1) is 16.4. The molecule has 0 unspecified atom stereocenters. The Hall–Kier alpha value is -3.57. The maximum Gasteiger partial charge on any atom is 0.254 e. The predicted molar refractivity (Wildman–Crippen MR) is 130 cm³/mol. The molecule has 0 saturated heterocycles. The molecule has 0 aliphatic heterocycles. The number of thioether (sulfide) groups is 1. The summed E-state index contributed by atoms with van der Waals surface area (Å²) in [5.74, 6) is -0.754. The van der Waals surface area contributed by atoms with Crippen LogP contribution >= 0.6 is 23.1 Å². The molecule has 0 radical (unpaired) electrons. The molecule has 2 heterocycles. The first kappa shape index (κ1) is 23.6. The molecule has 0 spiro atoms. The van der Waals surface area contributed by atoms with Gasteiger partial charge in [0.05, 0.1) is 23.1 Å². The molecule has 0 bridgehead atoms. The summed E-state index contributed by atoms with van der Waals surface area (Å²) in [4.78, 5) is 29.2. The van der Waals surface area contributed by atoms with Crippen LogP contribution in [0.4, 0.5) is 9.52 Å². The molecule has 11 heteroatoms. The Morgan fingerprint density at radius 3 is 2.62 bits per heavy atom. The standard InChI is InChI=1S/C23H21FN6O2S2/c1-14(25-21(32)16-10-6-7-11-17(16)24)20-28-29-23(30(20)2)34-13-19(31)27-22-26-18(12-33-22)15-8-4-3-5-9-15/h3-12,14H,13H2,1-2H3,(H,25,32)(H,26,27,31)/t14-/m1/s1. The molecule has 0 aliphatic carbocycles. The molecule has 0 fully saturated rings. The van der Waals surface area contributed by atoms with Gasteiger partial charge in [0.1, 0.15) is 5.82 Å². The van der Waals surface area contributed by atoms with Gasteiger partial charge in [0.2, 0.25) is 5.91 Å². The third-order valence-electron chi connectivity index (χ3n) is 4.87. The van der Waals surface area contributed by atoms with Gasteiger partial charge in [0.15, 0.2) is 16.1 Å². The normalized spacial score (nSPS) is 11.7. The lowest BCUT2D eigenvalue weighted by Gasteiger charge is -2.14. The van der Waals surface area contributed by atoms with Crippen molar-refractivity contribution in [1.82, 2.24) is 25.1 Å². The number of nitrogens with zero attached hydrogens (tertiary/aromatic N) is 4. The van der Waals surface area contributed by atoms with Gasteiger partial charge in [-0.3, -0.25) is 9.59 Å². The maximum atomic E-state index is 13.9. The van der Waals surface area contributed by atoms with E-state index in [4.69, 9.17) is 0 Å². The number of aromatic nitrogens is 4. The minimum atomic E-state index is -0.594. The van der Waals surface area contributed by atoms with E-state index in [9.17, 15) is 14.0 Å². The summed E-state index contributed by atoms with van der Waals surface area (Å²) in [6, 6.07) is 15.0. The highest BCUT2D eigenvalue weighted by molar-refractivity contribution is 7.99. The fourth-order valence-electron chi connectivity index (χ4n) is 3.17. The zero-order chi connectivity index (χ0) is 24.1. The van der Waals surface area contributed by atoms with Crippen molar-refractivity contribution in [2.45, 2.75) is 18.1 Å². The van der Waals surface area contributed by atoms with Gasteiger partial charge in [-0.25, -0.2) is 9.37 Å². The van der Waals surface area contributed by atoms with E-state index in [0.29, 0.717) is 16.1 Å². The minimum Gasteiger partial charge on any atom is -0.342 e. The summed E-state index contributed by atoms with van der Waals surface area (Å²) in [5, 5.41) is 16.7. The average Bonchev–Trinajstić information content (AvgIpc) is 3.45. The molecule has 2 amide bonds. The van der Waals surface area contributed by atoms with E-state index in [1.165, 1.54) is 41.3 Å². The number of benzene rings is 2. The van der Waals surface area contributed by atoms with Gasteiger partial charge in [-0.15, -0.1) is 21.5 Å². The summed E-state index contributed by atoms with van der Waals surface area (Å²) in [5.41, 5.74) is 1.75. The number of rotatable bonds is 8. The SMILES string of the molecule is C[C@@H](NC(=O)c1ccccc1F)c1nnc(SCC(=O)Nc2nc(-c3ccccc3)cs2)n1C. The number of thiazole rings is 1. The van der Waals surface area contributed by atoms with Crippen LogP contribution in [0.5, 0.6) is 0 Å². The van der Waals surface area contributed by atoms with Crippen LogP contribution in [0.25, 0.3) is 11.3 Å². The Morgan fingerprint density at radius 1 is 1.12 bits per heavy atom. The lowest BCUT2D eigenvalue weighted by atomic mass is 10.2. The van der Waals surface area contributed by atoms with Crippen molar-refractivity contribution in [2.24, 2.45) is 7.05 Å². The molecule has 34 heavy (non-hydrogen) atoms. The maximum absolute atomic E-state index is 13.9. The lowest BCUT2D eigenvalue weighted by Crippen LogP contribution is -2.29. The number of halogens is 1. The molecule has 4 aromatic rings. The van der Waals surface area contributed by atoms with E-state index in [1.807, 2.05) is 35.7 Å². The summed E-state index contributed by atoms with van der Waals surface area (Å²) in [6.07, 6.45) is 0. The highest BCUT2D eigenvalue weighted by Crippen LogP contribution is 2.25. The number of amides is 2. The van der Waals surface area contributed by atoms with Crippen LogP contribution < -0.4 is 10.6 Å². The second kappa shape index (κ2) is 10.6. The van der Waals surface area contributed by atoms with E-state index in [0.717, 1.165) is 11.3 Å². The second-order valence-electron chi connectivity index (χ2n) is 7.32. The minimum absolute atomic E-state index is 0.0413. The first-order valence-corrected chi connectivity index (χ1v) is 12.2. The van der Waals surface area contributed by atoms with Crippen LogP contribution in [0.3, 0.4) is 0 Å². The third kappa shape index (κ3) is 5.49. The van der Waals surface area contributed by atoms with Gasteiger partial charge in [0, 0.05) is 18.0 Å². The van der Waals surface area contributed by atoms with Crippen LogP contribution in [0, 0.1) is 5.82 Å². The van der Waals surface area contributed by atoms with Crippen LogP contribution in [-0.2, 0) is 11.8 Å². The molecule has 0 aliphatic rings. The highest BCUT2D eigenvalue weighted by Gasteiger charge is 2.20. The zero-order valence-electron chi connectivity index (χ0n) is 18.4. The zero-order valence-corrected chi connectivity index (χ0v) is 20.0. The Bertz CT molecular complexity index is 1310. The molecular weight excluding hydrogens is 475 g/mol. The van der Waals surface area contributed by atoms with E-state index in [-0.39, 0.29) is 17.2 Å².